The fraction of sp³-hybridized carbons (Fsp3) is 0.409. The zero-order valence-corrected chi connectivity index (χ0v) is 16.4. The average Bonchev–Trinajstić information content (AvgIpc) is 2.69. The molecule has 0 unspecified atom stereocenters. The minimum atomic E-state index is -0.0217. The van der Waals surface area contributed by atoms with E-state index in [0.717, 1.165) is 37.7 Å². The van der Waals surface area contributed by atoms with E-state index in [-0.39, 0.29) is 5.91 Å². The van der Waals surface area contributed by atoms with Gasteiger partial charge in [-0.05, 0) is 47.9 Å². The molecule has 1 N–H and O–H groups in total. The van der Waals surface area contributed by atoms with Crippen LogP contribution in [0.25, 0.3) is 0 Å². The summed E-state index contributed by atoms with van der Waals surface area (Å²) in [5.74, 6) is 0.448. The van der Waals surface area contributed by atoms with Gasteiger partial charge in [0, 0.05) is 37.2 Å². The molecule has 1 saturated heterocycles. The smallest absolute Gasteiger partial charge is 0.243 e. The van der Waals surface area contributed by atoms with E-state index in [2.05, 4.69) is 48.3 Å². The molecular weight excluding hydrogens is 338 g/mol. The molecule has 144 valence electrons. The van der Waals surface area contributed by atoms with E-state index in [1.54, 1.807) is 0 Å². The van der Waals surface area contributed by atoms with Crippen LogP contribution in [0.4, 0.5) is 17.1 Å². The third-order valence-corrected chi connectivity index (χ3v) is 4.89. The molecule has 0 radical (unpaired) electrons. The summed E-state index contributed by atoms with van der Waals surface area (Å²) in [6.45, 7) is 8.01. The van der Waals surface area contributed by atoms with Crippen molar-refractivity contribution in [3.63, 3.8) is 0 Å². The standard InChI is InChI=1S/C22H29N3O2/c1-17(2)18-5-4-6-21(15-18)24(3)16-22(26)23-19-7-9-20(10-8-19)25-11-13-27-14-12-25/h4-10,15,17H,11-14,16H2,1-3H3,(H,23,26). The summed E-state index contributed by atoms with van der Waals surface area (Å²) in [4.78, 5) is 16.7. The highest BCUT2D eigenvalue weighted by atomic mass is 16.5. The molecule has 27 heavy (non-hydrogen) atoms. The maximum absolute atomic E-state index is 12.4. The van der Waals surface area contributed by atoms with E-state index < -0.39 is 0 Å². The van der Waals surface area contributed by atoms with Gasteiger partial charge in [-0.25, -0.2) is 0 Å². The zero-order chi connectivity index (χ0) is 19.2. The third-order valence-electron chi connectivity index (χ3n) is 4.89. The maximum atomic E-state index is 12.4. The molecule has 1 heterocycles. The number of hydrogen-bond acceptors (Lipinski definition) is 4. The van der Waals surface area contributed by atoms with Crippen molar-refractivity contribution in [1.82, 2.24) is 0 Å². The van der Waals surface area contributed by atoms with E-state index in [9.17, 15) is 4.79 Å². The number of amides is 1. The molecule has 5 nitrogen and oxygen atoms in total. The summed E-state index contributed by atoms with van der Waals surface area (Å²) in [5, 5.41) is 2.99. The van der Waals surface area contributed by atoms with Gasteiger partial charge in [0.25, 0.3) is 0 Å². The number of anilines is 3. The summed E-state index contributed by atoms with van der Waals surface area (Å²) in [5.41, 5.74) is 4.32. The van der Waals surface area contributed by atoms with Crippen molar-refractivity contribution in [2.24, 2.45) is 0 Å². The molecule has 1 aliphatic rings. The first-order valence-electron chi connectivity index (χ1n) is 9.56. The molecule has 1 amide bonds. The number of carbonyl (C=O) groups excluding carboxylic acids is 1. The summed E-state index contributed by atoms with van der Waals surface area (Å²) >= 11 is 0. The molecule has 0 aromatic heterocycles. The van der Waals surface area contributed by atoms with Crippen LogP contribution in [0.15, 0.2) is 48.5 Å². The molecule has 0 bridgehead atoms. The highest BCUT2D eigenvalue weighted by molar-refractivity contribution is 5.94. The summed E-state index contributed by atoms with van der Waals surface area (Å²) in [7, 11) is 1.94. The fourth-order valence-electron chi connectivity index (χ4n) is 3.21. The van der Waals surface area contributed by atoms with E-state index in [0.29, 0.717) is 12.5 Å². The normalized spacial score (nSPS) is 14.3. The van der Waals surface area contributed by atoms with Gasteiger partial charge in [0.05, 0.1) is 19.8 Å². The van der Waals surface area contributed by atoms with Gasteiger partial charge in [0.15, 0.2) is 0 Å². The van der Waals surface area contributed by atoms with Crippen LogP contribution in [0.3, 0.4) is 0 Å². The van der Waals surface area contributed by atoms with Gasteiger partial charge >= 0.3 is 0 Å². The minimum absolute atomic E-state index is 0.0217. The van der Waals surface area contributed by atoms with Crippen molar-refractivity contribution in [3.05, 3.63) is 54.1 Å². The molecule has 0 aliphatic carbocycles. The number of benzene rings is 2. The lowest BCUT2D eigenvalue weighted by Crippen LogP contribution is -2.36. The minimum Gasteiger partial charge on any atom is -0.378 e. The van der Waals surface area contributed by atoms with E-state index in [4.69, 9.17) is 4.74 Å². The van der Waals surface area contributed by atoms with Crippen molar-refractivity contribution in [3.8, 4) is 0 Å². The van der Waals surface area contributed by atoms with E-state index in [1.165, 1.54) is 11.3 Å². The van der Waals surface area contributed by atoms with Gasteiger partial charge in [-0.3, -0.25) is 4.79 Å². The van der Waals surface area contributed by atoms with Crippen LogP contribution >= 0.6 is 0 Å². The predicted molar refractivity (Wildman–Crippen MR) is 112 cm³/mol. The quantitative estimate of drug-likeness (QED) is 0.845. The zero-order valence-electron chi connectivity index (χ0n) is 16.4. The molecule has 1 aliphatic heterocycles. The van der Waals surface area contributed by atoms with Gasteiger partial charge in [0.2, 0.25) is 5.91 Å². The fourth-order valence-corrected chi connectivity index (χ4v) is 3.21. The molecule has 5 heteroatoms. The Morgan fingerprint density at radius 3 is 2.52 bits per heavy atom. The Morgan fingerprint density at radius 2 is 1.85 bits per heavy atom. The van der Waals surface area contributed by atoms with Gasteiger partial charge in [-0.1, -0.05) is 26.0 Å². The number of hydrogen-bond donors (Lipinski definition) is 1. The third kappa shape index (κ3) is 5.23. The van der Waals surface area contributed by atoms with E-state index >= 15 is 0 Å². The summed E-state index contributed by atoms with van der Waals surface area (Å²) in [6.07, 6.45) is 0. The lowest BCUT2D eigenvalue weighted by atomic mass is 10.0. The first-order valence-corrected chi connectivity index (χ1v) is 9.56. The van der Waals surface area contributed by atoms with Crippen molar-refractivity contribution in [1.29, 1.82) is 0 Å². The van der Waals surface area contributed by atoms with Crippen LogP contribution in [-0.2, 0) is 9.53 Å². The van der Waals surface area contributed by atoms with Crippen molar-refractivity contribution in [2.75, 3.05) is 55.0 Å². The predicted octanol–water partition coefficient (Wildman–Crippen LogP) is 3.72. The maximum Gasteiger partial charge on any atom is 0.243 e. The number of likely N-dealkylation sites (N-methyl/N-ethyl adjacent to an activating group) is 1. The molecule has 3 rings (SSSR count). The number of ether oxygens (including phenoxy) is 1. The largest absolute Gasteiger partial charge is 0.378 e. The second-order valence-electron chi connectivity index (χ2n) is 7.30. The monoisotopic (exact) mass is 367 g/mol. The topological polar surface area (TPSA) is 44.8 Å². The molecular formula is C22H29N3O2. The SMILES string of the molecule is CC(C)c1cccc(N(C)CC(=O)Nc2ccc(N3CCOCC3)cc2)c1. The second-order valence-corrected chi connectivity index (χ2v) is 7.30. The summed E-state index contributed by atoms with van der Waals surface area (Å²) in [6, 6.07) is 16.4. The number of carbonyl (C=O) groups is 1. The van der Waals surface area contributed by atoms with Crippen LogP contribution < -0.4 is 15.1 Å². The Balaban J connectivity index is 1.56. The first-order chi connectivity index (χ1) is 13.0. The number of morpholine rings is 1. The Bertz CT molecular complexity index is 752. The Kier molecular flexibility index (Phi) is 6.35. The number of nitrogens with zero attached hydrogens (tertiary/aromatic N) is 2. The van der Waals surface area contributed by atoms with Gasteiger partial charge in [0.1, 0.15) is 0 Å². The highest BCUT2D eigenvalue weighted by Gasteiger charge is 2.12. The molecule has 2 aromatic rings. The van der Waals surface area contributed by atoms with Gasteiger partial charge in [-0.15, -0.1) is 0 Å². The Labute approximate surface area is 161 Å². The highest BCUT2D eigenvalue weighted by Crippen LogP contribution is 2.21. The molecule has 1 fully saturated rings. The number of nitrogens with one attached hydrogen (secondary N) is 1. The summed E-state index contributed by atoms with van der Waals surface area (Å²) < 4.78 is 5.39. The Hall–Kier alpha value is -2.53. The van der Waals surface area contributed by atoms with Crippen molar-refractivity contribution >= 4 is 23.0 Å². The lowest BCUT2D eigenvalue weighted by molar-refractivity contribution is -0.114. The van der Waals surface area contributed by atoms with Crippen LogP contribution in [0.1, 0.15) is 25.3 Å². The Morgan fingerprint density at radius 1 is 1.15 bits per heavy atom. The first kappa shape index (κ1) is 19.2. The van der Waals surface area contributed by atoms with Crippen molar-refractivity contribution in [2.45, 2.75) is 19.8 Å². The molecule has 2 aromatic carbocycles. The van der Waals surface area contributed by atoms with Crippen LogP contribution in [0.2, 0.25) is 0 Å². The van der Waals surface area contributed by atoms with Gasteiger partial charge < -0.3 is 19.9 Å². The molecule has 0 spiro atoms. The van der Waals surface area contributed by atoms with Crippen LogP contribution in [-0.4, -0.2) is 45.8 Å². The second kappa shape index (κ2) is 8.91. The van der Waals surface area contributed by atoms with Crippen LogP contribution in [0.5, 0.6) is 0 Å². The van der Waals surface area contributed by atoms with Crippen LogP contribution in [0, 0.1) is 0 Å². The molecule has 0 atom stereocenters. The average molecular weight is 367 g/mol. The molecule has 0 saturated carbocycles. The van der Waals surface area contributed by atoms with E-state index in [1.807, 2.05) is 36.2 Å². The number of rotatable bonds is 6. The lowest BCUT2D eigenvalue weighted by Gasteiger charge is -2.29. The van der Waals surface area contributed by atoms with Gasteiger partial charge in [-0.2, -0.15) is 0 Å². The van der Waals surface area contributed by atoms with Crippen molar-refractivity contribution < 1.29 is 9.53 Å².